The normalized spacial score (nSPS) is 30.3. The number of rotatable bonds is 5. The van der Waals surface area contributed by atoms with Gasteiger partial charge in [-0.25, -0.2) is 0 Å². The quantitative estimate of drug-likeness (QED) is 0.611. The minimum absolute atomic E-state index is 0.0298. The second-order valence-corrected chi connectivity index (χ2v) is 14.3. The number of carbonyl (C=O) groups is 2. The Bertz CT molecular complexity index is 1060. The van der Waals surface area contributed by atoms with Crippen LogP contribution >= 0.6 is 0 Å². The average molecular weight is 547 g/mol. The van der Waals surface area contributed by atoms with Gasteiger partial charge in [-0.2, -0.15) is 17.0 Å². The standard InChI is InChI=1S/C29H46N4O4S/c1-21(2)26-14-13-22(3)15-29(35)33-19-24-16-25(27(33)11-8-12-28(34)30-26)20-32(18-24)38(36,37)31(4)17-23-9-6-5-7-10-23/h5-7,9-10,21-22,24-27H,8,11-20H2,1-4H3,(H,30,34)/t22-,24+,25+,26+,27+/m1/s1. The van der Waals surface area contributed by atoms with Gasteiger partial charge in [0.2, 0.25) is 11.8 Å². The fraction of sp³-hybridized carbons (Fsp3) is 0.724. The molecule has 5 atom stereocenters. The molecule has 2 bridgehead atoms. The third-order valence-electron chi connectivity index (χ3n) is 8.77. The molecule has 3 fully saturated rings. The van der Waals surface area contributed by atoms with Gasteiger partial charge in [0, 0.05) is 58.2 Å². The Labute approximate surface area is 229 Å². The summed E-state index contributed by atoms with van der Waals surface area (Å²) in [5.74, 6) is 1.08. The molecule has 1 N–H and O–H groups in total. The summed E-state index contributed by atoms with van der Waals surface area (Å²) in [5, 5.41) is 3.23. The number of fused-ring (bicyclic) bond motifs is 4. The molecule has 3 aliphatic heterocycles. The van der Waals surface area contributed by atoms with Crippen LogP contribution in [0.15, 0.2) is 30.3 Å². The predicted octanol–water partition coefficient (Wildman–Crippen LogP) is 3.64. The minimum Gasteiger partial charge on any atom is -0.353 e. The van der Waals surface area contributed by atoms with Gasteiger partial charge in [-0.15, -0.1) is 0 Å². The predicted molar refractivity (Wildman–Crippen MR) is 149 cm³/mol. The summed E-state index contributed by atoms with van der Waals surface area (Å²) in [6.07, 6.45) is 5.09. The second kappa shape index (κ2) is 12.5. The highest BCUT2D eigenvalue weighted by Gasteiger charge is 2.45. The van der Waals surface area contributed by atoms with Crippen LogP contribution in [0.1, 0.15) is 71.3 Å². The van der Waals surface area contributed by atoms with Crippen molar-refractivity contribution < 1.29 is 18.0 Å². The average Bonchev–Trinajstić information content (AvgIpc) is 2.88. The topological polar surface area (TPSA) is 90.0 Å². The Hall–Kier alpha value is -1.97. The van der Waals surface area contributed by atoms with Crippen molar-refractivity contribution in [2.75, 3.05) is 26.7 Å². The van der Waals surface area contributed by atoms with E-state index in [1.165, 1.54) is 4.31 Å². The number of nitrogens with one attached hydrogen (secondary N) is 1. The molecule has 212 valence electrons. The first-order valence-electron chi connectivity index (χ1n) is 14.4. The molecule has 2 amide bonds. The molecule has 9 heteroatoms. The van der Waals surface area contributed by atoms with E-state index >= 15 is 0 Å². The summed E-state index contributed by atoms with van der Waals surface area (Å²) >= 11 is 0. The molecule has 0 saturated carbocycles. The first kappa shape index (κ1) is 29.0. The molecular formula is C29H46N4O4S. The summed E-state index contributed by atoms with van der Waals surface area (Å²) in [4.78, 5) is 28.4. The zero-order chi connectivity index (χ0) is 27.4. The number of piperidine rings is 2. The molecule has 3 heterocycles. The third kappa shape index (κ3) is 6.96. The largest absolute Gasteiger partial charge is 0.353 e. The zero-order valence-corrected chi connectivity index (χ0v) is 24.3. The van der Waals surface area contributed by atoms with Crippen LogP contribution < -0.4 is 5.32 Å². The lowest BCUT2D eigenvalue weighted by atomic mass is 9.78. The summed E-state index contributed by atoms with van der Waals surface area (Å²) in [6, 6.07) is 9.74. The molecule has 0 unspecified atom stereocenters. The van der Waals surface area contributed by atoms with Gasteiger partial charge in [0.05, 0.1) is 0 Å². The number of amides is 2. The highest BCUT2D eigenvalue weighted by atomic mass is 32.2. The van der Waals surface area contributed by atoms with Crippen LogP contribution in [0.5, 0.6) is 0 Å². The van der Waals surface area contributed by atoms with E-state index < -0.39 is 10.2 Å². The first-order valence-corrected chi connectivity index (χ1v) is 15.8. The van der Waals surface area contributed by atoms with E-state index in [9.17, 15) is 18.0 Å². The SMILES string of the molecule is CC(C)[C@@H]1CC[C@@H](C)CC(=O)N2C[C@H]3C[C@@H](CN(S(=O)(=O)N(C)Cc4ccccc4)C3)[C@@H]2CCCC(=O)N1. The Morgan fingerprint density at radius 1 is 1.05 bits per heavy atom. The third-order valence-corrected chi connectivity index (χ3v) is 10.6. The van der Waals surface area contributed by atoms with Crippen molar-refractivity contribution in [2.24, 2.45) is 23.7 Å². The van der Waals surface area contributed by atoms with Crippen LogP contribution in [0.4, 0.5) is 0 Å². The highest BCUT2D eigenvalue weighted by molar-refractivity contribution is 7.86. The fourth-order valence-electron chi connectivity index (χ4n) is 6.57. The van der Waals surface area contributed by atoms with Crippen molar-refractivity contribution in [1.29, 1.82) is 0 Å². The van der Waals surface area contributed by atoms with Crippen LogP contribution in [0.2, 0.25) is 0 Å². The summed E-state index contributed by atoms with van der Waals surface area (Å²) in [5.41, 5.74) is 0.954. The molecule has 3 saturated heterocycles. The number of carbonyl (C=O) groups excluding carboxylic acids is 2. The fourth-order valence-corrected chi connectivity index (χ4v) is 8.06. The Morgan fingerprint density at radius 3 is 2.50 bits per heavy atom. The van der Waals surface area contributed by atoms with Gasteiger partial charge in [0.15, 0.2) is 0 Å². The minimum atomic E-state index is -3.63. The van der Waals surface area contributed by atoms with Crippen LogP contribution in [-0.2, 0) is 26.3 Å². The maximum Gasteiger partial charge on any atom is 0.282 e. The van der Waals surface area contributed by atoms with E-state index in [0.717, 1.165) is 31.2 Å². The van der Waals surface area contributed by atoms with E-state index in [2.05, 4.69) is 31.0 Å². The maximum absolute atomic E-state index is 13.6. The van der Waals surface area contributed by atoms with E-state index in [-0.39, 0.29) is 41.7 Å². The molecule has 38 heavy (non-hydrogen) atoms. The van der Waals surface area contributed by atoms with Gasteiger partial charge in [0.25, 0.3) is 10.2 Å². The van der Waals surface area contributed by atoms with Crippen molar-refractivity contribution in [1.82, 2.24) is 18.8 Å². The maximum atomic E-state index is 13.6. The number of hydrogen-bond acceptors (Lipinski definition) is 4. The van der Waals surface area contributed by atoms with Crippen molar-refractivity contribution in [3.8, 4) is 0 Å². The van der Waals surface area contributed by atoms with Crippen molar-refractivity contribution in [2.45, 2.75) is 84.3 Å². The van der Waals surface area contributed by atoms with Crippen molar-refractivity contribution in [3.05, 3.63) is 35.9 Å². The monoisotopic (exact) mass is 546 g/mol. The lowest BCUT2D eigenvalue weighted by Crippen LogP contribution is -2.61. The Morgan fingerprint density at radius 2 is 1.79 bits per heavy atom. The number of benzene rings is 1. The molecular weight excluding hydrogens is 500 g/mol. The van der Waals surface area contributed by atoms with Crippen molar-refractivity contribution in [3.63, 3.8) is 0 Å². The van der Waals surface area contributed by atoms with Gasteiger partial charge in [-0.1, -0.05) is 51.1 Å². The lowest BCUT2D eigenvalue weighted by Gasteiger charge is -2.51. The Kier molecular flexibility index (Phi) is 9.53. The van der Waals surface area contributed by atoms with Gasteiger partial charge in [-0.3, -0.25) is 9.59 Å². The smallest absolute Gasteiger partial charge is 0.282 e. The van der Waals surface area contributed by atoms with Crippen LogP contribution in [0.25, 0.3) is 0 Å². The molecule has 0 aliphatic carbocycles. The second-order valence-electron chi connectivity index (χ2n) is 12.2. The molecule has 0 aromatic heterocycles. The summed E-state index contributed by atoms with van der Waals surface area (Å²) in [7, 11) is -1.99. The molecule has 1 aromatic rings. The molecule has 4 rings (SSSR count). The van der Waals surface area contributed by atoms with Crippen LogP contribution in [0.3, 0.4) is 0 Å². The zero-order valence-electron chi connectivity index (χ0n) is 23.5. The van der Waals surface area contributed by atoms with E-state index in [4.69, 9.17) is 0 Å². The van der Waals surface area contributed by atoms with Gasteiger partial charge in [0.1, 0.15) is 0 Å². The van der Waals surface area contributed by atoms with Crippen molar-refractivity contribution >= 4 is 22.0 Å². The summed E-state index contributed by atoms with van der Waals surface area (Å²) < 4.78 is 30.2. The molecule has 0 spiro atoms. The molecule has 0 radical (unpaired) electrons. The van der Waals surface area contributed by atoms with E-state index in [1.807, 2.05) is 30.3 Å². The van der Waals surface area contributed by atoms with Crippen LogP contribution in [-0.4, -0.2) is 72.5 Å². The van der Waals surface area contributed by atoms with Gasteiger partial charge < -0.3 is 10.2 Å². The molecule has 1 aromatic carbocycles. The number of hydrogen-bond donors (Lipinski definition) is 1. The van der Waals surface area contributed by atoms with Gasteiger partial charge >= 0.3 is 0 Å². The molecule has 8 nitrogen and oxygen atoms in total. The number of nitrogens with zero attached hydrogens (tertiary/aromatic N) is 3. The first-order chi connectivity index (χ1) is 18.0. The van der Waals surface area contributed by atoms with E-state index in [1.54, 1.807) is 11.4 Å². The van der Waals surface area contributed by atoms with Crippen LogP contribution in [0, 0.1) is 23.7 Å². The Balaban J connectivity index is 1.49. The lowest BCUT2D eigenvalue weighted by molar-refractivity contribution is -0.141. The van der Waals surface area contributed by atoms with E-state index in [0.29, 0.717) is 51.4 Å². The summed E-state index contributed by atoms with van der Waals surface area (Å²) in [6.45, 7) is 8.20. The highest BCUT2D eigenvalue weighted by Crippen LogP contribution is 2.38. The molecule has 3 aliphatic rings. The van der Waals surface area contributed by atoms with Gasteiger partial charge in [-0.05, 0) is 61.3 Å².